The van der Waals surface area contributed by atoms with Gasteiger partial charge >= 0.3 is 0 Å². The van der Waals surface area contributed by atoms with Gasteiger partial charge in [-0.2, -0.15) is 0 Å². The minimum atomic E-state index is -3.73. The van der Waals surface area contributed by atoms with Crippen molar-refractivity contribution in [3.63, 3.8) is 0 Å². The Morgan fingerprint density at radius 2 is 1.46 bits per heavy atom. The third-order valence-electron chi connectivity index (χ3n) is 6.08. The molecule has 0 saturated carbocycles. The van der Waals surface area contributed by atoms with E-state index < -0.39 is 10.0 Å². The first-order chi connectivity index (χ1) is 16.6. The Bertz CT molecular complexity index is 1500. The summed E-state index contributed by atoms with van der Waals surface area (Å²) in [6, 6.07) is 18.6. The van der Waals surface area contributed by atoms with Gasteiger partial charge < -0.3 is 10.3 Å². The molecule has 1 aromatic heterocycles. The van der Waals surface area contributed by atoms with Crippen LogP contribution in [0.25, 0.3) is 10.9 Å². The molecular weight excluding hydrogens is 462 g/mol. The summed E-state index contributed by atoms with van der Waals surface area (Å²) in [7, 11) is -3.73. The van der Waals surface area contributed by atoms with Gasteiger partial charge in [-0.05, 0) is 73.9 Å². The van der Waals surface area contributed by atoms with Crippen LogP contribution < -0.4 is 10.0 Å². The number of nitrogens with one attached hydrogen (secondary N) is 3. The Balaban J connectivity index is 1.34. The van der Waals surface area contributed by atoms with Crippen molar-refractivity contribution in [2.75, 3.05) is 0 Å². The third kappa shape index (κ3) is 5.50. The van der Waals surface area contributed by atoms with Crippen LogP contribution in [-0.2, 0) is 23.1 Å². The molecule has 0 bridgehead atoms. The van der Waals surface area contributed by atoms with E-state index in [0.29, 0.717) is 23.2 Å². The van der Waals surface area contributed by atoms with E-state index in [0.717, 1.165) is 22.2 Å². The number of hydrogen-bond donors (Lipinski definition) is 3. The first-order valence-corrected chi connectivity index (χ1v) is 12.7. The molecule has 4 rings (SSSR count). The lowest BCUT2D eigenvalue weighted by Gasteiger charge is -2.09. The molecular formula is C27H27N3O4S. The Morgan fingerprint density at radius 1 is 0.829 bits per heavy atom. The number of benzene rings is 3. The molecule has 0 spiro atoms. The van der Waals surface area contributed by atoms with E-state index in [4.69, 9.17) is 0 Å². The van der Waals surface area contributed by atoms with Crippen molar-refractivity contribution < 1.29 is 18.0 Å². The van der Waals surface area contributed by atoms with Gasteiger partial charge in [-0.15, -0.1) is 0 Å². The van der Waals surface area contributed by atoms with Crippen molar-refractivity contribution >= 4 is 32.6 Å². The van der Waals surface area contributed by atoms with Crippen LogP contribution in [-0.4, -0.2) is 25.1 Å². The molecule has 0 aliphatic carbocycles. The van der Waals surface area contributed by atoms with E-state index in [1.54, 1.807) is 24.3 Å². The highest BCUT2D eigenvalue weighted by Crippen LogP contribution is 2.22. The van der Waals surface area contributed by atoms with E-state index >= 15 is 0 Å². The second-order valence-corrected chi connectivity index (χ2v) is 10.3. The first-order valence-electron chi connectivity index (χ1n) is 11.2. The second kappa shape index (κ2) is 9.85. The SMILES string of the molecule is CC(=O)c1ccc(S(=O)(=O)NCc2ccc(C(=O)NCc3ccc4[nH]c(C)c(C)c4c3)cc2)cc1. The molecule has 0 aliphatic rings. The van der Waals surface area contributed by atoms with Crippen LogP contribution in [0.4, 0.5) is 0 Å². The molecule has 0 saturated heterocycles. The fourth-order valence-corrected chi connectivity index (χ4v) is 4.82. The molecule has 0 atom stereocenters. The normalized spacial score (nSPS) is 11.5. The van der Waals surface area contributed by atoms with Gasteiger partial charge in [0, 0.05) is 40.8 Å². The minimum Gasteiger partial charge on any atom is -0.358 e. The average Bonchev–Trinajstić information content (AvgIpc) is 3.14. The fraction of sp³-hybridized carbons (Fsp3) is 0.185. The van der Waals surface area contributed by atoms with E-state index in [1.807, 2.05) is 19.1 Å². The van der Waals surface area contributed by atoms with Crippen LogP contribution >= 0.6 is 0 Å². The summed E-state index contributed by atoms with van der Waals surface area (Å²) >= 11 is 0. The number of ketones is 1. The van der Waals surface area contributed by atoms with Gasteiger partial charge in [-0.25, -0.2) is 13.1 Å². The first kappa shape index (κ1) is 24.4. The van der Waals surface area contributed by atoms with Crippen molar-refractivity contribution in [1.82, 2.24) is 15.0 Å². The molecule has 0 unspecified atom stereocenters. The summed E-state index contributed by atoms with van der Waals surface area (Å²) in [6.45, 7) is 6.02. The van der Waals surface area contributed by atoms with Gasteiger partial charge in [0.15, 0.2) is 5.78 Å². The lowest BCUT2D eigenvalue weighted by molar-refractivity contribution is 0.0950. The lowest BCUT2D eigenvalue weighted by Crippen LogP contribution is -2.24. The fourth-order valence-electron chi connectivity index (χ4n) is 3.81. The largest absolute Gasteiger partial charge is 0.358 e. The minimum absolute atomic E-state index is 0.0775. The summed E-state index contributed by atoms with van der Waals surface area (Å²) in [5, 5.41) is 4.08. The number of rotatable bonds is 8. The Hall–Kier alpha value is -3.75. The summed E-state index contributed by atoms with van der Waals surface area (Å²) in [5.41, 5.74) is 6.08. The molecule has 8 heteroatoms. The van der Waals surface area contributed by atoms with Crippen molar-refractivity contribution in [2.45, 2.75) is 38.8 Å². The number of carbonyl (C=O) groups is 2. The van der Waals surface area contributed by atoms with Crippen LogP contribution in [0.2, 0.25) is 0 Å². The predicted molar refractivity (Wildman–Crippen MR) is 136 cm³/mol. The Kier molecular flexibility index (Phi) is 6.86. The summed E-state index contributed by atoms with van der Waals surface area (Å²) in [5.74, 6) is -0.331. The highest BCUT2D eigenvalue weighted by Gasteiger charge is 2.14. The molecule has 0 aliphatic heterocycles. The number of aromatic amines is 1. The number of aryl methyl sites for hydroxylation is 2. The molecule has 1 heterocycles. The maximum Gasteiger partial charge on any atom is 0.251 e. The molecule has 35 heavy (non-hydrogen) atoms. The number of aromatic nitrogens is 1. The summed E-state index contributed by atoms with van der Waals surface area (Å²) in [4.78, 5) is 27.4. The molecule has 4 aromatic rings. The molecule has 0 fully saturated rings. The molecule has 1 amide bonds. The molecule has 7 nitrogen and oxygen atoms in total. The quantitative estimate of drug-likeness (QED) is 0.319. The molecule has 180 valence electrons. The molecule has 3 N–H and O–H groups in total. The second-order valence-electron chi connectivity index (χ2n) is 8.54. The molecule has 0 radical (unpaired) electrons. The maximum atomic E-state index is 12.6. The number of Topliss-reactive ketones (excluding diaryl/α,β-unsaturated/α-hetero) is 1. The van der Waals surface area contributed by atoms with Gasteiger partial charge in [0.05, 0.1) is 4.90 Å². The van der Waals surface area contributed by atoms with Gasteiger partial charge in [0.1, 0.15) is 0 Å². The Morgan fingerprint density at radius 3 is 2.11 bits per heavy atom. The van der Waals surface area contributed by atoms with Crippen LogP contribution in [0, 0.1) is 13.8 Å². The van der Waals surface area contributed by atoms with E-state index in [9.17, 15) is 18.0 Å². The van der Waals surface area contributed by atoms with Gasteiger partial charge in [0.2, 0.25) is 10.0 Å². The van der Waals surface area contributed by atoms with Crippen molar-refractivity contribution in [1.29, 1.82) is 0 Å². The zero-order valence-electron chi connectivity index (χ0n) is 19.8. The third-order valence-corrected chi connectivity index (χ3v) is 7.50. The molecule has 3 aromatic carbocycles. The predicted octanol–water partition coefficient (Wildman–Crippen LogP) is 4.40. The van der Waals surface area contributed by atoms with Crippen molar-refractivity contribution in [3.05, 3.63) is 100 Å². The highest BCUT2D eigenvalue weighted by molar-refractivity contribution is 7.89. The Labute approximate surface area is 204 Å². The van der Waals surface area contributed by atoms with Gasteiger partial charge in [-0.1, -0.05) is 30.3 Å². The zero-order chi connectivity index (χ0) is 25.2. The number of fused-ring (bicyclic) bond motifs is 1. The van der Waals surface area contributed by atoms with E-state index in [2.05, 4.69) is 28.0 Å². The average molecular weight is 490 g/mol. The topological polar surface area (TPSA) is 108 Å². The van der Waals surface area contributed by atoms with Gasteiger partial charge in [-0.3, -0.25) is 9.59 Å². The lowest BCUT2D eigenvalue weighted by atomic mass is 10.1. The monoisotopic (exact) mass is 489 g/mol. The number of carbonyl (C=O) groups excluding carboxylic acids is 2. The van der Waals surface area contributed by atoms with Gasteiger partial charge in [0.25, 0.3) is 5.91 Å². The van der Waals surface area contributed by atoms with E-state index in [-0.39, 0.29) is 23.1 Å². The van der Waals surface area contributed by atoms with Crippen LogP contribution in [0.5, 0.6) is 0 Å². The standard InChI is InChI=1S/C27H27N3O4S/c1-17-18(2)30-26-13-6-21(14-25(17)26)15-28-27(32)23-7-4-20(5-8-23)16-29-35(33,34)24-11-9-22(10-12-24)19(3)31/h4-14,29-30H,15-16H2,1-3H3,(H,28,32). The number of hydrogen-bond acceptors (Lipinski definition) is 4. The maximum absolute atomic E-state index is 12.6. The summed E-state index contributed by atoms with van der Waals surface area (Å²) < 4.78 is 27.6. The van der Waals surface area contributed by atoms with E-state index in [1.165, 1.54) is 36.8 Å². The van der Waals surface area contributed by atoms with Crippen LogP contribution in [0.15, 0.2) is 71.6 Å². The summed E-state index contributed by atoms with van der Waals surface area (Å²) in [6.07, 6.45) is 0. The van der Waals surface area contributed by atoms with Crippen molar-refractivity contribution in [2.24, 2.45) is 0 Å². The number of H-pyrrole nitrogens is 1. The number of sulfonamides is 1. The highest BCUT2D eigenvalue weighted by atomic mass is 32.2. The van der Waals surface area contributed by atoms with Crippen LogP contribution in [0.3, 0.4) is 0 Å². The zero-order valence-corrected chi connectivity index (χ0v) is 20.6. The smallest absolute Gasteiger partial charge is 0.251 e. The number of amides is 1. The van der Waals surface area contributed by atoms with Crippen LogP contribution in [0.1, 0.15) is 50.0 Å². The van der Waals surface area contributed by atoms with Crippen molar-refractivity contribution in [3.8, 4) is 0 Å².